The van der Waals surface area contributed by atoms with E-state index in [0.29, 0.717) is 11.3 Å². The number of hydrogen-bond acceptors (Lipinski definition) is 3. The monoisotopic (exact) mass is 414 g/mol. The Balaban J connectivity index is 1.62. The molecule has 1 N–H and O–H groups in total. The van der Waals surface area contributed by atoms with E-state index in [1.807, 2.05) is 60.7 Å². The summed E-state index contributed by atoms with van der Waals surface area (Å²) in [5, 5.41) is 3.04. The predicted octanol–water partition coefficient (Wildman–Crippen LogP) is 4.75. The van der Waals surface area contributed by atoms with Crippen LogP contribution in [0.5, 0.6) is 0 Å². The molecule has 0 spiro atoms. The largest absolute Gasteiger partial charge is 0.369 e. The quantitative estimate of drug-likeness (QED) is 0.613. The molecule has 5 rings (SSSR count). The zero-order chi connectivity index (χ0) is 21.3. The number of carbonyl (C=O) groups is 1. The van der Waals surface area contributed by atoms with Gasteiger partial charge in [0.05, 0.1) is 23.5 Å². The zero-order valence-corrected chi connectivity index (χ0v) is 17.1. The molecule has 5 heteroatoms. The Bertz CT molecular complexity index is 1090. The predicted molar refractivity (Wildman–Crippen MR) is 118 cm³/mol. The first kappa shape index (κ1) is 19.6. The van der Waals surface area contributed by atoms with Crippen LogP contribution >= 0.6 is 0 Å². The fraction of sp³-hybridized carbons (Fsp3) is 0.231. The highest BCUT2D eigenvalue weighted by Crippen LogP contribution is 2.48. The van der Waals surface area contributed by atoms with Crippen LogP contribution in [0.2, 0.25) is 0 Å². The van der Waals surface area contributed by atoms with Gasteiger partial charge in [-0.25, -0.2) is 9.38 Å². The number of nitrogens with zero attached hydrogens (tertiary/aromatic N) is 1. The Morgan fingerprint density at radius 2 is 1.61 bits per heavy atom. The third kappa shape index (κ3) is 3.89. The van der Waals surface area contributed by atoms with Gasteiger partial charge in [-0.3, -0.25) is 4.79 Å². The summed E-state index contributed by atoms with van der Waals surface area (Å²) in [6, 6.07) is 24.7. The summed E-state index contributed by atoms with van der Waals surface area (Å²) in [7, 11) is 0. The molecular formula is C26H23FN2O2. The van der Waals surface area contributed by atoms with Crippen molar-refractivity contribution in [1.82, 2.24) is 5.32 Å². The van der Waals surface area contributed by atoms with Gasteiger partial charge in [-0.05, 0) is 37.0 Å². The van der Waals surface area contributed by atoms with Crippen LogP contribution in [-0.2, 0) is 15.1 Å². The van der Waals surface area contributed by atoms with Crippen molar-refractivity contribution in [2.75, 3.05) is 13.2 Å². The first-order chi connectivity index (χ1) is 15.2. The molecule has 2 aliphatic rings. The smallest absolute Gasteiger partial charge is 0.246 e. The summed E-state index contributed by atoms with van der Waals surface area (Å²) in [5.41, 5.74) is 3.02. The number of aliphatic imine (C=N–C) groups is 1. The molecule has 0 bridgehead atoms. The van der Waals surface area contributed by atoms with Gasteiger partial charge in [-0.1, -0.05) is 60.7 Å². The molecule has 0 radical (unpaired) electrons. The number of ether oxygens (including phenoxy) is 1. The number of amides is 1. The zero-order valence-electron chi connectivity index (χ0n) is 17.1. The summed E-state index contributed by atoms with van der Waals surface area (Å²) in [6.45, 7) is 0.290. The minimum Gasteiger partial charge on any atom is -0.369 e. The molecule has 31 heavy (non-hydrogen) atoms. The lowest BCUT2D eigenvalue weighted by molar-refractivity contribution is -0.136. The van der Waals surface area contributed by atoms with Crippen LogP contribution in [0.15, 0.2) is 83.9 Å². The minimum atomic E-state index is -0.829. The Labute approximate surface area is 180 Å². The number of nitrogens with one attached hydrogen (secondary N) is 1. The maximum Gasteiger partial charge on any atom is 0.246 e. The van der Waals surface area contributed by atoms with Crippen molar-refractivity contribution < 1.29 is 13.9 Å². The summed E-state index contributed by atoms with van der Waals surface area (Å²) < 4.78 is 20.6. The number of carbonyl (C=O) groups excluding carboxylic acids is 1. The molecule has 1 saturated carbocycles. The van der Waals surface area contributed by atoms with Crippen LogP contribution in [0.25, 0.3) is 0 Å². The molecular weight excluding hydrogens is 391 g/mol. The Morgan fingerprint density at radius 1 is 0.968 bits per heavy atom. The van der Waals surface area contributed by atoms with Gasteiger partial charge in [-0.2, -0.15) is 0 Å². The van der Waals surface area contributed by atoms with Gasteiger partial charge in [0, 0.05) is 16.7 Å². The second-order valence-electron chi connectivity index (χ2n) is 8.14. The van der Waals surface area contributed by atoms with Gasteiger partial charge in [0.1, 0.15) is 12.4 Å². The van der Waals surface area contributed by atoms with E-state index in [2.05, 4.69) is 5.32 Å². The molecule has 1 aliphatic carbocycles. The van der Waals surface area contributed by atoms with E-state index < -0.39 is 5.54 Å². The topological polar surface area (TPSA) is 50.7 Å². The number of benzene rings is 3. The summed E-state index contributed by atoms with van der Waals surface area (Å²) in [5.74, 6) is -0.383. The van der Waals surface area contributed by atoms with Gasteiger partial charge in [0.2, 0.25) is 5.91 Å². The first-order valence-corrected chi connectivity index (χ1v) is 10.5. The van der Waals surface area contributed by atoms with Gasteiger partial charge >= 0.3 is 0 Å². The fourth-order valence-electron chi connectivity index (χ4n) is 4.33. The Kier molecular flexibility index (Phi) is 5.12. The normalized spacial score (nSPS) is 20.7. The Morgan fingerprint density at radius 3 is 2.19 bits per heavy atom. The lowest BCUT2D eigenvalue weighted by Gasteiger charge is -2.39. The van der Waals surface area contributed by atoms with Crippen LogP contribution in [0.3, 0.4) is 0 Å². The highest BCUT2D eigenvalue weighted by molar-refractivity contribution is 6.13. The third-order valence-corrected chi connectivity index (χ3v) is 5.97. The molecule has 3 aromatic carbocycles. The molecule has 1 aliphatic heterocycles. The van der Waals surface area contributed by atoms with Crippen molar-refractivity contribution in [2.45, 2.75) is 18.4 Å². The van der Waals surface area contributed by atoms with Gasteiger partial charge in [0.15, 0.2) is 0 Å². The first-order valence-electron chi connectivity index (χ1n) is 10.5. The highest BCUT2D eigenvalue weighted by atomic mass is 19.1. The molecule has 1 saturated heterocycles. The van der Waals surface area contributed by atoms with Crippen LogP contribution in [0, 0.1) is 11.7 Å². The minimum absolute atomic E-state index is 0.0140. The molecule has 156 valence electrons. The van der Waals surface area contributed by atoms with Crippen molar-refractivity contribution in [1.29, 1.82) is 0 Å². The van der Waals surface area contributed by atoms with Crippen molar-refractivity contribution in [3.8, 4) is 0 Å². The molecule has 2 fully saturated rings. The summed E-state index contributed by atoms with van der Waals surface area (Å²) >= 11 is 0. The molecule has 1 heterocycles. The van der Waals surface area contributed by atoms with Crippen molar-refractivity contribution >= 4 is 17.3 Å². The summed E-state index contributed by atoms with van der Waals surface area (Å²) in [6.07, 6.45) is 1.88. The van der Waals surface area contributed by atoms with E-state index in [0.717, 1.165) is 29.7 Å². The van der Waals surface area contributed by atoms with E-state index in [1.165, 1.54) is 6.07 Å². The average molecular weight is 414 g/mol. The third-order valence-electron chi connectivity index (χ3n) is 5.97. The van der Waals surface area contributed by atoms with Crippen LogP contribution in [0.4, 0.5) is 10.1 Å². The maximum absolute atomic E-state index is 15.0. The molecule has 0 aromatic heterocycles. The molecule has 1 atom stereocenters. The van der Waals surface area contributed by atoms with Gasteiger partial charge in [-0.15, -0.1) is 0 Å². The molecule has 3 aromatic rings. The molecule has 1 unspecified atom stereocenters. The number of rotatable bonds is 5. The van der Waals surface area contributed by atoms with E-state index in [4.69, 9.17) is 9.73 Å². The fourth-order valence-corrected chi connectivity index (χ4v) is 4.33. The second kappa shape index (κ2) is 8.08. The second-order valence-corrected chi connectivity index (χ2v) is 8.14. The van der Waals surface area contributed by atoms with Gasteiger partial charge in [0.25, 0.3) is 0 Å². The summed E-state index contributed by atoms with van der Waals surface area (Å²) in [4.78, 5) is 17.1. The van der Waals surface area contributed by atoms with E-state index in [1.54, 1.807) is 12.1 Å². The molecule has 1 amide bonds. The highest BCUT2D eigenvalue weighted by Gasteiger charge is 2.51. The van der Waals surface area contributed by atoms with Gasteiger partial charge < -0.3 is 10.1 Å². The lowest BCUT2D eigenvalue weighted by atomic mass is 9.84. The van der Waals surface area contributed by atoms with E-state index in [-0.39, 0.29) is 30.9 Å². The van der Waals surface area contributed by atoms with Crippen LogP contribution in [0.1, 0.15) is 29.5 Å². The average Bonchev–Trinajstić information content (AvgIpc) is 3.66. The van der Waals surface area contributed by atoms with E-state index >= 15 is 4.39 Å². The van der Waals surface area contributed by atoms with E-state index in [9.17, 15) is 4.79 Å². The van der Waals surface area contributed by atoms with Crippen molar-refractivity contribution in [3.63, 3.8) is 0 Å². The lowest BCUT2D eigenvalue weighted by Crippen LogP contribution is -2.56. The number of morpholine rings is 1. The number of halogens is 1. The van der Waals surface area contributed by atoms with Crippen molar-refractivity contribution in [2.24, 2.45) is 10.9 Å². The Hall–Kier alpha value is -3.31. The van der Waals surface area contributed by atoms with Crippen molar-refractivity contribution in [3.05, 3.63) is 101 Å². The maximum atomic E-state index is 15.0. The van der Waals surface area contributed by atoms with Crippen LogP contribution in [-0.4, -0.2) is 24.8 Å². The van der Waals surface area contributed by atoms with Crippen LogP contribution < -0.4 is 5.32 Å². The number of hydrogen-bond donors (Lipinski definition) is 1. The SMILES string of the molecule is O=C1COCC(c2cc(N=C(c3ccccc3)c3ccccc3)ccc2F)(C2CC2)N1. The molecule has 4 nitrogen and oxygen atoms in total. The standard InChI is InChI=1S/C26H23FN2O2/c27-23-14-13-21(15-22(23)26(20-11-12-20)17-31-16-24(30)29-26)28-25(18-7-3-1-4-8-18)19-9-5-2-6-10-19/h1-10,13-15,20H,11-12,16-17H2,(H,29,30).